The largest absolute Gasteiger partial charge is 0.464 e. The molecule has 1 heterocycles. The number of aromatic amines is 1. The number of nitrogens with one attached hydrogen (secondary N) is 2. The molecule has 6 nitrogen and oxygen atoms in total. The van der Waals surface area contributed by atoms with E-state index in [1.54, 1.807) is 18.2 Å². The number of carbonyl (C=O) groups is 2. The van der Waals surface area contributed by atoms with Crippen LogP contribution in [-0.4, -0.2) is 29.7 Å². The van der Waals surface area contributed by atoms with Crippen molar-refractivity contribution in [2.45, 2.75) is 0 Å². The molecule has 6 heteroatoms. The van der Waals surface area contributed by atoms with Gasteiger partial charge in [-0.3, -0.25) is 9.89 Å². The van der Waals surface area contributed by atoms with Gasteiger partial charge >= 0.3 is 5.97 Å². The molecule has 1 amide bonds. The Labute approximate surface area is 90.6 Å². The van der Waals surface area contributed by atoms with E-state index in [1.807, 2.05) is 0 Å². The molecule has 1 aromatic heterocycles. The Morgan fingerprint density at radius 3 is 3.06 bits per heavy atom. The van der Waals surface area contributed by atoms with Crippen LogP contribution in [0.25, 0.3) is 10.9 Å². The fraction of sp³-hybridized carbons (Fsp3) is 0.100. The van der Waals surface area contributed by atoms with Crippen molar-refractivity contribution in [3.8, 4) is 0 Å². The summed E-state index contributed by atoms with van der Waals surface area (Å²) in [7, 11) is 1.29. The Morgan fingerprint density at radius 2 is 2.38 bits per heavy atom. The maximum atomic E-state index is 11.4. The molecule has 0 aliphatic heterocycles. The number of esters is 1. The van der Waals surface area contributed by atoms with E-state index in [1.165, 1.54) is 7.11 Å². The predicted octanol–water partition coefficient (Wildman–Crippen LogP) is 0.918. The zero-order valence-corrected chi connectivity index (χ0v) is 8.48. The van der Waals surface area contributed by atoms with Crippen LogP contribution in [0.3, 0.4) is 0 Å². The number of H-pyrrole nitrogens is 1. The number of benzene rings is 1. The zero-order chi connectivity index (χ0) is 11.5. The van der Waals surface area contributed by atoms with Gasteiger partial charge in [0.1, 0.15) is 5.52 Å². The molecule has 2 rings (SSSR count). The van der Waals surface area contributed by atoms with Gasteiger partial charge in [-0.2, -0.15) is 5.10 Å². The standard InChI is InChI=1S/C10H9N3O3/c1-16-10(15)9-6-3-2-4-7(11-5-14)8(6)12-13-9/h2-5H,1H3,(H,11,14)(H,12,13). The number of methoxy groups -OCH3 is 1. The number of hydrogen-bond donors (Lipinski definition) is 2. The van der Waals surface area contributed by atoms with Gasteiger partial charge in [0.25, 0.3) is 0 Å². The average Bonchev–Trinajstić information content (AvgIpc) is 2.73. The highest BCUT2D eigenvalue weighted by Gasteiger charge is 2.15. The first-order chi connectivity index (χ1) is 7.77. The molecular formula is C10H9N3O3. The van der Waals surface area contributed by atoms with Crippen molar-refractivity contribution < 1.29 is 14.3 Å². The normalized spacial score (nSPS) is 10.1. The number of aromatic nitrogens is 2. The van der Waals surface area contributed by atoms with Crippen LogP contribution in [0.4, 0.5) is 5.69 Å². The maximum absolute atomic E-state index is 11.4. The number of carbonyl (C=O) groups excluding carboxylic acids is 2. The molecule has 0 saturated carbocycles. The molecule has 0 atom stereocenters. The molecule has 16 heavy (non-hydrogen) atoms. The molecule has 82 valence electrons. The first kappa shape index (κ1) is 10.2. The highest BCUT2D eigenvalue weighted by Crippen LogP contribution is 2.23. The van der Waals surface area contributed by atoms with Crippen molar-refractivity contribution in [2.75, 3.05) is 12.4 Å². The lowest BCUT2D eigenvalue weighted by molar-refractivity contribution is -0.105. The van der Waals surface area contributed by atoms with Crippen molar-refractivity contribution in [2.24, 2.45) is 0 Å². The second kappa shape index (κ2) is 4.01. The second-order valence-corrected chi connectivity index (χ2v) is 3.05. The highest BCUT2D eigenvalue weighted by atomic mass is 16.5. The Bertz CT molecular complexity index is 547. The molecule has 1 aromatic carbocycles. The second-order valence-electron chi connectivity index (χ2n) is 3.05. The van der Waals surface area contributed by atoms with Gasteiger partial charge in [-0.25, -0.2) is 4.79 Å². The first-order valence-corrected chi connectivity index (χ1v) is 4.53. The van der Waals surface area contributed by atoms with E-state index in [4.69, 9.17) is 0 Å². The van der Waals surface area contributed by atoms with E-state index in [2.05, 4.69) is 20.3 Å². The number of ether oxygens (including phenoxy) is 1. The summed E-state index contributed by atoms with van der Waals surface area (Å²) in [5, 5.41) is 9.66. The smallest absolute Gasteiger partial charge is 0.356 e. The SMILES string of the molecule is COC(=O)c1[nH]nc2c(NC=O)cccc12. The zero-order valence-electron chi connectivity index (χ0n) is 8.48. The van der Waals surface area contributed by atoms with Gasteiger partial charge < -0.3 is 10.1 Å². The van der Waals surface area contributed by atoms with E-state index in [-0.39, 0.29) is 5.69 Å². The fourth-order valence-corrected chi connectivity index (χ4v) is 1.48. The van der Waals surface area contributed by atoms with Crippen LogP contribution in [0.2, 0.25) is 0 Å². The molecule has 0 saturated heterocycles. The summed E-state index contributed by atoms with van der Waals surface area (Å²) in [6.07, 6.45) is 0.557. The van der Waals surface area contributed by atoms with Crippen LogP contribution in [0, 0.1) is 0 Å². The number of hydrogen-bond acceptors (Lipinski definition) is 4. The molecule has 0 aliphatic carbocycles. The predicted molar refractivity (Wildman–Crippen MR) is 57.1 cm³/mol. The number of anilines is 1. The summed E-state index contributed by atoms with van der Waals surface area (Å²) in [6.45, 7) is 0. The minimum atomic E-state index is -0.495. The Kier molecular flexibility index (Phi) is 2.55. The van der Waals surface area contributed by atoms with Crippen molar-refractivity contribution in [1.29, 1.82) is 0 Å². The topological polar surface area (TPSA) is 84.1 Å². The third kappa shape index (κ3) is 1.50. The van der Waals surface area contributed by atoms with Gasteiger partial charge in [0.05, 0.1) is 12.8 Å². The molecule has 2 N–H and O–H groups in total. The summed E-state index contributed by atoms with van der Waals surface area (Å²) in [6, 6.07) is 5.13. The van der Waals surface area contributed by atoms with Gasteiger partial charge in [-0.05, 0) is 6.07 Å². The van der Waals surface area contributed by atoms with E-state index in [9.17, 15) is 9.59 Å². The van der Waals surface area contributed by atoms with Crippen LogP contribution < -0.4 is 5.32 Å². The van der Waals surface area contributed by atoms with Crippen LogP contribution in [-0.2, 0) is 9.53 Å². The molecule has 0 radical (unpaired) electrons. The Hall–Kier alpha value is -2.37. The van der Waals surface area contributed by atoms with Crippen molar-refractivity contribution in [3.05, 3.63) is 23.9 Å². The number of nitrogens with zero attached hydrogens (tertiary/aromatic N) is 1. The molecule has 0 unspecified atom stereocenters. The highest BCUT2D eigenvalue weighted by molar-refractivity contribution is 6.06. The minimum Gasteiger partial charge on any atom is -0.464 e. The monoisotopic (exact) mass is 219 g/mol. The molecular weight excluding hydrogens is 210 g/mol. The van der Waals surface area contributed by atoms with Gasteiger partial charge in [-0.1, -0.05) is 12.1 Å². The molecule has 0 bridgehead atoms. The summed E-state index contributed by atoms with van der Waals surface area (Å²) < 4.78 is 4.60. The van der Waals surface area contributed by atoms with Gasteiger partial charge in [0.2, 0.25) is 6.41 Å². The average molecular weight is 219 g/mol. The number of fused-ring (bicyclic) bond motifs is 1. The van der Waals surface area contributed by atoms with Crippen LogP contribution in [0.5, 0.6) is 0 Å². The molecule has 0 aliphatic rings. The van der Waals surface area contributed by atoms with Crippen LogP contribution in [0.15, 0.2) is 18.2 Å². The van der Waals surface area contributed by atoms with E-state index in [0.29, 0.717) is 23.0 Å². The molecule has 0 fully saturated rings. The van der Waals surface area contributed by atoms with Gasteiger partial charge in [0.15, 0.2) is 5.69 Å². The van der Waals surface area contributed by atoms with Crippen molar-refractivity contribution >= 4 is 29.0 Å². The van der Waals surface area contributed by atoms with E-state index < -0.39 is 5.97 Å². The van der Waals surface area contributed by atoms with Gasteiger partial charge in [-0.15, -0.1) is 0 Å². The number of para-hydroxylation sites is 1. The van der Waals surface area contributed by atoms with Crippen molar-refractivity contribution in [3.63, 3.8) is 0 Å². The van der Waals surface area contributed by atoms with Crippen molar-refractivity contribution in [1.82, 2.24) is 10.2 Å². The molecule has 0 spiro atoms. The summed E-state index contributed by atoms with van der Waals surface area (Å²) in [5.74, 6) is -0.495. The number of rotatable bonds is 3. The summed E-state index contributed by atoms with van der Waals surface area (Å²) >= 11 is 0. The fourth-order valence-electron chi connectivity index (χ4n) is 1.48. The first-order valence-electron chi connectivity index (χ1n) is 4.53. The van der Waals surface area contributed by atoms with E-state index in [0.717, 1.165) is 0 Å². The maximum Gasteiger partial charge on any atom is 0.356 e. The minimum absolute atomic E-state index is 0.270. The van der Waals surface area contributed by atoms with Crippen LogP contribution >= 0.6 is 0 Å². The van der Waals surface area contributed by atoms with Crippen LogP contribution in [0.1, 0.15) is 10.5 Å². The van der Waals surface area contributed by atoms with Gasteiger partial charge in [0, 0.05) is 5.39 Å². The van der Waals surface area contributed by atoms with E-state index >= 15 is 0 Å². The summed E-state index contributed by atoms with van der Waals surface area (Å²) in [5.41, 5.74) is 1.33. The summed E-state index contributed by atoms with van der Waals surface area (Å²) in [4.78, 5) is 21.7. The lowest BCUT2D eigenvalue weighted by Gasteiger charge is -1.99. The lowest BCUT2D eigenvalue weighted by Crippen LogP contribution is -2.01. The third-order valence-electron chi connectivity index (χ3n) is 2.19. The Balaban J connectivity index is 2.61. The lowest BCUT2D eigenvalue weighted by atomic mass is 10.2. The quantitative estimate of drug-likeness (QED) is 0.593. The molecule has 2 aromatic rings. The third-order valence-corrected chi connectivity index (χ3v) is 2.19. The Morgan fingerprint density at radius 1 is 1.56 bits per heavy atom. The number of amides is 1.